The molecule has 22 heavy (non-hydrogen) atoms. The van der Waals surface area contributed by atoms with Crippen LogP contribution in [0.25, 0.3) is 0 Å². The Hall–Kier alpha value is -1.74. The highest BCUT2D eigenvalue weighted by Crippen LogP contribution is 2.26. The van der Waals surface area contributed by atoms with Crippen LogP contribution in [0.3, 0.4) is 0 Å². The van der Waals surface area contributed by atoms with E-state index in [9.17, 15) is 13.2 Å². The topological polar surface area (TPSA) is 83.9 Å². The highest BCUT2D eigenvalue weighted by atomic mass is 79.9. The van der Waals surface area contributed by atoms with E-state index >= 15 is 0 Å². The maximum absolute atomic E-state index is 10.5. The van der Waals surface area contributed by atoms with Crippen LogP contribution in [0.5, 0.6) is 0 Å². The van der Waals surface area contributed by atoms with Gasteiger partial charge in [-0.1, -0.05) is 40.2 Å². The minimum absolute atomic E-state index is 0.105. The Balaban J connectivity index is 0.000000160. The van der Waals surface area contributed by atoms with E-state index in [4.69, 9.17) is 9.39 Å². The van der Waals surface area contributed by atoms with Crippen molar-refractivity contribution in [3.63, 3.8) is 0 Å². The number of para-hydroxylation sites is 1. The highest BCUT2D eigenvalue weighted by molar-refractivity contribution is 9.10. The van der Waals surface area contributed by atoms with Crippen molar-refractivity contribution >= 4 is 38.1 Å². The number of hydrogen-bond donors (Lipinski definition) is 1. The Kier molecular flexibility index (Phi) is 5.30. The molecule has 8 heteroatoms. The number of amides is 1. The lowest BCUT2D eigenvalue weighted by atomic mass is 10.2. The van der Waals surface area contributed by atoms with Crippen LogP contribution in [-0.4, -0.2) is 19.4 Å². The lowest BCUT2D eigenvalue weighted by molar-refractivity contribution is -0.113. The number of fused-ring (bicyclic) bond motifs is 1. The predicted molar refractivity (Wildman–Crippen MR) is 83.7 cm³/mol. The van der Waals surface area contributed by atoms with Crippen LogP contribution in [0, 0.1) is 0 Å². The first-order valence-corrected chi connectivity index (χ1v) is 8.33. The third kappa shape index (κ3) is 4.14. The van der Waals surface area contributed by atoms with Gasteiger partial charge in [-0.15, -0.1) is 0 Å². The molecule has 1 N–H and O–H groups in total. The summed E-state index contributed by atoms with van der Waals surface area (Å²) in [6.07, 6.45) is 0.672. The molecule has 1 aliphatic heterocycles. The van der Waals surface area contributed by atoms with Gasteiger partial charge in [-0.25, -0.2) is 0 Å². The van der Waals surface area contributed by atoms with Gasteiger partial charge in [-0.2, -0.15) is 13.5 Å². The summed E-state index contributed by atoms with van der Waals surface area (Å²) >= 11 is 3.08. The van der Waals surface area contributed by atoms with Gasteiger partial charge >= 0.3 is 0 Å². The summed E-state index contributed by atoms with van der Waals surface area (Å²) < 4.78 is 30.2. The molecule has 0 atom stereocenters. The Labute approximate surface area is 136 Å². The normalized spacial score (nSPS) is 13.1. The third-order valence-corrected chi connectivity index (χ3v) is 4.12. The number of halogens is 1. The zero-order chi connectivity index (χ0) is 16.2. The second kappa shape index (κ2) is 7.01. The molecular weight excluding hydrogens is 374 g/mol. The van der Waals surface area contributed by atoms with E-state index in [0.717, 1.165) is 11.3 Å². The molecular formula is C14H12BrNO5S. The van der Waals surface area contributed by atoms with Crippen LogP contribution >= 0.6 is 15.9 Å². The van der Waals surface area contributed by atoms with Crippen molar-refractivity contribution in [3.8, 4) is 0 Å². The number of carbonyl (C=O) groups excluding carboxylic acids is 1. The molecule has 1 aliphatic rings. The van der Waals surface area contributed by atoms with E-state index in [2.05, 4.69) is 15.9 Å². The minimum atomic E-state index is -4.06. The molecule has 3 rings (SSSR count). The van der Waals surface area contributed by atoms with Crippen LogP contribution in [0.15, 0.2) is 57.9 Å². The predicted octanol–water partition coefficient (Wildman–Crippen LogP) is 2.79. The van der Waals surface area contributed by atoms with Crippen LogP contribution in [0.1, 0.15) is 5.56 Å². The molecule has 0 saturated heterocycles. The number of nitrogens with zero attached hydrogens (tertiary/aromatic N) is 1. The molecule has 116 valence electrons. The van der Waals surface area contributed by atoms with Gasteiger partial charge < -0.3 is 0 Å². The monoisotopic (exact) mass is 385 g/mol. The molecule has 0 saturated carbocycles. The number of benzene rings is 2. The van der Waals surface area contributed by atoms with Crippen LogP contribution in [0.4, 0.5) is 5.69 Å². The highest BCUT2D eigenvalue weighted by Gasteiger charge is 2.17. The summed E-state index contributed by atoms with van der Waals surface area (Å²) in [4.78, 5) is 15.3. The third-order valence-electron chi connectivity index (χ3n) is 2.78. The molecule has 2 aromatic carbocycles. The maximum atomic E-state index is 10.5. The van der Waals surface area contributed by atoms with Gasteiger partial charge in [0, 0.05) is 10.0 Å². The van der Waals surface area contributed by atoms with Gasteiger partial charge in [-0.05, 0) is 24.3 Å². The van der Waals surface area contributed by atoms with Gasteiger partial charge in [-0.3, -0.25) is 14.2 Å². The van der Waals surface area contributed by atoms with Gasteiger partial charge in [0.1, 0.15) is 6.61 Å². The lowest BCUT2D eigenvalue weighted by Gasteiger charge is -2.06. The number of carbonyl (C=O) groups is 1. The van der Waals surface area contributed by atoms with Gasteiger partial charge in [0.2, 0.25) is 6.41 Å². The van der Waals surface area contributed by atoms with Crippen molar-refractivity contribution in [2.45, 2.75) is 11.5 Å². The molecule has 1 heterocycles. The summed E-state index contributed by atoms with van der Waals surface area (Å²) in [5.74, 6) is 0. The standard InChI is InChI=1S/C8H7NO2.C6H5BrO3S/c10-6-9-8-4-2-1-3-7(8)5-11-9;7-5-2-1-3-6(4-5)11(8,9)10/h1-4,6H,5H2;1-4H,(H,8,9,10). The zero-order valence-electron chi connectivity index (χ0n) is 11.2. The first kappa shape index (κ1) is 16.6. The van der Waals surface area contributed by atoms with E-state index in [1.807, 2.05) is 24.3 Å². The van der Waals surface area contributed by atoms with E-state index in [1.54, 1.807) is 6.07 Å². The fraction of sp³-hybridized carbons (Fsp3) is 0.0714. The van der Waals surface area contributed by atoms with Gasteiger partial charge in [0.15, 0.2) is 0 Å². The molecule has 0 aliphatic carbocycles. The number of hydroxylamine groups is 1. The molecule has 0 spiro atoms. The van der Waals surface area contributed by atoms with E-state index in [1.165, 1.54) is 23.3 Å². The second-order valence-corrected chi connectivity index (χ2v) is 6.60. The van der Waals surface area contributed by atoms with Crippen molar-refractivity contribution in [3.05, 3.63) is 58.6 Å². The fourth-order valence-electron chi connectivity index (χ4n) is 1.77. The largest absolute Gasteiger partial charge is 0.294 e. The summed E-state index contributed by atoms with van der Waals surface area (Å²) in [5.41, 5.74) is 1.90. The first-order chi connectivity index (χ1) is 10.4. The average molecular weight is 386 g/mol. The van der Waals surface area contributed by atoms with Crippen molar-refractivity contribution in [1.82, 2.24) is 0 Å². The molecule has 0 aromatic heterocycles. The van der Waals surface area contributed by atoms with Crippen molar-refractivity contribution in [2.24, 2.45) is 0 Å². The lowest BCUT2D eigenvalue weighted by Crippen LogP contribution is -2.14. The average Bonchev–Trinajstić information content (AvgIpc) is 2.90. The molecule has 2 aromatic rings. The summed E-state index contributed by atoms with van der Waals surface area (Å²) in [7, 11) is -4.06. The molecule has 1 amide bonds. The second-order valence-electron chi connectivity index (χ2n) is 4.27. The SMILES string of the molecule is O=CN1OCc2ccccc21.O=S(=O)(O)c1cccc(Br)c1. The van der Waals surface area contributed by atoms with Gasteiger partial charge in [0.25, 0.3) is 10.1 Å². The van der Waals surface area contributed by atoms with Crippen LogP contribution < -0.4 is 5.06 Å². The summed E-state index contributed by atoms with van der Waals surface area (Å²) in [6, 6.07) is 13.5. The van der Waals surface area contributed by atoms with E-state index in [-0.39, 0.29) is 4.90 Å². The molecule has 0 unspecified atom stereocenters. The number of hydrogen-bond acceptors (Lipinski definition) is 4. The fourth-order valence-corrected chi connectivity index (χ4v) is 2.85. The van der Waals surface area contributed by atoms with E-state index in [0.29, 0.717) is 17.5 Å². The molecule has 0 bridgehead atoms. The number of anilines is 1. The quantitative estimate of drug-likeness (QED) is 0.634. The first-order valence-electron chi connectivity index (χ1n) is 6.10. The van der Waals surface area contributed by atoms with Crippen molar-refractivity contribution < 1.29 is 22.6 Å². The van der Waals surface area contributed by atoms with E-state index < -0.39 is 10.1 Å². The zero-order valence-corrected chi connectivity index (χ0v) is 13.6. The van der Waals surface area contributed by atoms with Gasteiger partial charge in [0.05, 0.1) is 10.6 Å². The van der Waals surface area contributed by atoms with Crippen molar-refractivity contribution in [2.75, 3.05) is 5.06 Å². The molecule has 0 radical (unpaired) electrons. The Morgan fingerprint density at radius 2 is 1.91 bits per heavy atom. The Morgan fingerprint density at radius 3 is 2.50 bits per heavy atom. The molecule has 6 nitrogen and oxygen atoms in total. The molecule has 0 fully saturated rings. The van der Waals surface area contributed by atoms with Crippen molar-refractivity contribution in [1.29, 1.82) is 0 Å². The Bertz CT molecular complexity index is 778. The van der Waals surface area contributed by atoms with Crippen LogP contribution in [0.2, 0.25) is 0 Å². The van der Waals surface area contributed by atoms with Crippen LogP contribution in [-0.2, 0) is 26.4 Å². The summed E-state index contributed by atoms with van der Waals surface area (Å²) in [6.45, 7) is 0.495. The Morgan fingerprint density at radius 1 is 1.18 bits per heavy atom. The number of rotatable bonds is 2. The minimum Gasteiger partial charge on any atom is -0.282 e. The smallest absolute Gasteiger partial charge is 0.282 e. The maximum Gasteiger partial charge on any atom is 0.294 e. The summed E-state index contributed by atoms with van der Waals surface area (Å²) in [5, 5.41) is 1.25.